The third-order valence-electron chi connectivity index (χ3n) is 3.53. The molecule has 2 aromatic carbocycles. The summed E-state index contributed by atoms with van der Waals surface area (Å²) in [5, 5.41) is 5.56. The van der Waals surface area contributed by atoms with Gasteiger partial charge in [-0.3, -0.25) is 9.59 Å². The van der Waals surface area contributed by atoms with Gasteiger partial charge in [-0.25, -0.2) is 0 Å². The monoisotopic (exact) mass is 400 g/mol. The minimum atomic E-state index is -0.311. The molecular weight excluding hydrogens is 380 g/mol. The molecule has 0 spiro atoms. The van der Waals surface area contributed by atoms with Gasteiger partial charge in [0, 0.05) is 16.6 Å². The summed E-state index contributed by atoms with van der Waals surface area (Å²) >= 11 is 3.38. The molecule has 4 nitrogen and oxygen atoms in total. The molecule has 5 heteroatoms. The van der Waals surface area contributed by atoms with Gasteiger partial charge in [0.15, 0.2) is 0 Å². The molecule has 0 atom stereocenters. The SMILES string of the molecule is CCCCNC(=O)C(=Cc1ccc(Br)cc1)NC(=O)c1ccccc1. The smallest absolute Gasteiger partial charge is 0.267 e. The van der Waals surface area contributed by atoms with Crippen molar-refractivity contribution in [2.75, 3.05) is 6.54 Å². The predicted molar refractivity (Wildman–Crippen MR) is 104 cm³/mol. The molecule has 0 radical (unpaired) electrons. The lowest BCUT2D eigenvalue weighted by molar-refractivity contribution is -0.117. The van der Waals surface area contributed by atoms with Crippen LogP contribution in [0.4, 0.5) is 0 Å². The maximum atomic E-state index is 12.5. The number of halogens is 1. The topological polar surface area (TPSA) is 58.2 Å². The van der Waals surface area contributed by atoms with Crippen LogP contribution in [-0.2, 0) is 4.79 Å². The standard InChI is InChI=1S/C20H21BrN2O2/c1-2-3-13-22-20(25)18(14-15-9-11-17(21)12-10-15)23-19(24)16-7-5-4-6-8-16/h4-12,14H,2-3,13H2,1H3,(H,22,25)(H,23,24). The first-order chi connectivity index (χ1) is 12.1. The molecule has 25 heavy (non-hydrogen) atoms. The summed E-state index contributed by atoms with van der Waals surface area (Å²) in [5.41, 5.74) is 1.56. The van der Waals surface area contributed by atoms with E-state index in [4.69, 9.17) is 0 Å². The highest BCUT2D eigenvalue weighted by atomic mass is 79.9. The van der Waals surface area contributed by atoms with Crippen LogP contribution in [0.15, 0.2) is 64.8 Å². The second-order valence-corrected chi connectivity index (χ2v) is 6.45. The predicted octanol–water partition coefficient (Wildman–Crippen LogP) is 4.14. The fourth-order valence-corrected chi connectivity index (χ4v) is 2.41. The zero-order valence-electron chi connectivity index (χ0n) is 14.1. The van der Waals surface area contributed by atoms with Crippen molar-refractivity contribution in [3.8, 4) is 0 Å². The van der Waals surface area contributed by atoms with E-state index < -0.39 is 0 Å². The summed E-state index contributed by atoms with van der Waals surface area (Å²) in [4.78, 5) is 24.8. The summed E-state index contributed by atoms with van der Waals surface area (Å²) in [6, 6.07) is 16.4. The lowest BCUT2D eigenvalue weighted by Crippen LogP contribution is -2.35. The maximum absolute atomic E-state index is 12.5. The number of nitrogens with one attached hydrogen (secondary N) is 2. The van der Waals surface area contributed by atoms with E-state index in [0.29, 0.717) is 12.1 Å². The van der Waals surface area contributed by atoms with Crippen LogP contribution in [0.5, 0.6) is 0 Å². The minimum absolute atomic E-state index is 0.229. The Kier molecular flexibility index (Phi) is 7.41. The number of carbonyl (C=O) groups is 2. The molecule has 2 amide bonds. The average molecular weight is 401 g/mol. The second-order valence-electron chi connectivity index (χ2n) is 5.54. The van der Waals surface area contributed by atoms with E-state index in [1.165, 1.54) is 0 Å². The van der Waals surface area contributed by atoms with Crippen molar-refractivity contribution < 1.29 is 9.59 Å². The molecule has 0 unspecified atom stereocenters. The Morgan fingerprint density at radius 2 is 1.72 bits per heavy atom. The van der Waals surface area contributed by atoms with Crippen LogP contribution in [0, 0.1) is 0 Å². The highest BCUT2D eigenvalue weighted by molar-refractivity contribution is 9.10. The van der Waals surface area contributed by atoms with Crippen LogP contribution in [0.2, 0.25) is 0 Å². The van der Waals surface area contributed by atoms with E-state index in [-0.39, 0.29) is 17.5 Å². The van der Waals surface area contributed by atoms with Gasteiger partial charge in [-0.1, -0.05) is 59.6 Å². The Hall–Kier alpha value is -2.40. The number of hydrogen-bond donors (Lipinski definition) is 2. The first-order valence-corrected chi connectivity index (χ1v) is 9.01. The number of hydrogen-bond acceptors (Lipinski definition) is 2. The van der Waals surface area contributed by atoms with Gasteiger partial charge in [0.1, 0.15) is 5.70 Å². The summed E-state index contributed by atoms with van der Waals surface area (Å²) in [7, 11) is 0. The number of unbranched alkanes of at least 4 members (excludes halogenated alkanes) is 1. The summed E-state index contributed by atoms with van der Waals surface area (Å²) in [6.07, 6.45) is 3.56. The number of amides is 2. The fraction of sp³-hybridized carbons (Fsp3) is 0.200. The largest absolute Gasteiger partial charge is 0.351 e. The van der Waals surface area contributed by atoms with Crippen LogP contribution in [-0.4, -0.2) is 18.4 Å². The molecule has 0 heterocycles. The fourth-order valence-electron chi connectivity index (χ4n) is 2.14. The molecular formula is C20H21BrN2O2. The normalized spacial score (nSPS) is 11.0. The van der Waals surface area contributed by atoms with E-state index >= 15 is 0 Å². The van der Waals surface area contributed by atoms with Gasteiger partial charge in [0.2, 0.25) is 0 Å². The van der Waals surface area contributed by atoms with Crippen molar-refractivity contribution in [2.24, 2.45) is 0 Å². The highest BCUT2D eigenvalue weighted by Gasteiger charge is 2.14. The van der Waals surface area contributed by atoms with Crippen molar-refractivity contribution in [3.05, 3.63) is 75.9 Å². The van der Waals surface area contributed by atoms with Gasteiger partial charge >= 0.3 is 0 Å². The van der Waals surface area contributed by atoms with Crippen LogP contribution >= 0.6 is 15.9 Å². The molecule has 130 valence electrons. The minimum Gasteiger partial charge on any atom is -0.351 e. The van der Waals surface area contributed by atoms with Crippen molar-refractivity contribution in [3.63, 3.8) is 0 Å². The van der Waals surface area contributed by atoms with Gasteiger partial charge in [0.05, 0.1) is 0 Å². The van der Waals surface area contributed by atoms with Gasteiger partial charge in [-0.15, -0.1) is 0 Å². The van der Waals surface area contributed by atoms with E-state index in [2.05, 4.69) is 33.5 Å². The lowest BCUT2D eigenvalue weighted by atomic mass is 10.1. The third kappa shape index (κ3) is 6.19. The van der Waals surface area contributed by atoms with Gasteiger partial charge in [-0.05, 0) is 42.3 Å². The lowest BCUT2D eigenvalue weighted by Gasteiger charge is -2.11. The average Bonchev–Trinajstić information content (AvgIpc) is 2.63. The van der Waals surface area contributed by atoms with Gasteiger partial charge in [0.25, 0.3) is 11.8 Å². The quantitative estimate of drug-likeness (QED) is 0.541. The van der Waals surface area contributed by atoms with Gasteiger partial charge in [-0.2, -0.15) is 0 Å². The van der Waals surface area contributed by atoms with Crippen molar-refractivity contribution in [1.82, 2.24) is 10.6 Å². The van der Waals surface area contributed by atoms with E-state index in [1.807, 2.05) is 30.3 Å². The van der Waals surface area contributed by atoms with E-state index in [9.17, 15) is 9.59 Å². The Bertz CT molecular complexity index is 740. The number of rotatable bonds is 7. The summed E-state index contributed by atoms with van der Waals surface area (Å²) in [6.45, 7) is 2.64. The zero-order valence-corrected chi connectivity index (χ0v) is 15.7. The Morgan fingerprint density at radius 1 is 1.04 bits per heavy atom. The number of benzene rings is 2. The molecule has 0 aromatic heterocycles. The molecule has 0 bridgehead atoms. The van der Waals surface area contributed by atoms with Crippen LogP contribution in [0.1, 0.15) is 35.7 Å². The molecule has 0 saturated heterocycles. The molecule has 2 aromatic rings. The molecule has 2 N–H and O–H groups in total. The van der Waals surface area contributed by atoms with Gasteiger partial charge < -0.3 is 10.6 Å². The first-order valence-electron chi connectivity index (χ1n) is 8.22. The Labute approximate surface area is 156 Å². The van der Waals surface area contributed by atoms with Crippen molar-refractivity contribution >= 4 is 33.8 Å². The molecule has 0 aliphatic heterocycles. The van der Waals surface area contributed by atoms with Crippen LogP contribution < -0.4 is 10.6 Å². The molecule has 2 rings (SSSR count). The molecule has 0 aliphatic rings. The summed E-state index contributed by atoms with van der Waals surface area (Å²) in [5.74, 6) is -0.602. The van der Waals surface area contributed by atoms with E-state index in [1.54, 1.807) is 30.3 Å². The zero-order chi connectivity index (χ0) is 18.1. The summed E-state index contributed by atoms with van der Waals surface area (Å²) < 4.78 is 0.951. The van der Waals surface area contributed by atoms with E-state index in [0.717, 1.165) is 22.9 Å². The molecule has 0 fully saturated rings. The highest BCUT2D eigenvalue weighted by Crippen LogP contribution is 2.13. The number of carbonyl (C=O) groups excluding carboxylic acids is 2. The Balaban J connectivity index is 2.20. The van der Waals surface area contributed by atoms with Crippen molar-refractivity contribution in [2.45, 2.75) is 19.8 Å². The van der Waals surface area contributed by atoms with Crippen LogP contribution in [0.3, 0.4) is 0 Å². The maximum Gasteiger partial charge on any atom is 0.267 e. The molecule has 0 saturated carbocycles. The molecule has 0 aliphatic carbocycles. The second kappa shape index (κ2) is 9.79. The first kappa shape index (κ1) is 18.9. The third-order valence-corrected chi connectivity index (χ3v) is 4.05. The van der Waals surface area contributed by atoms with Crippen LogP contribution in [0.25, 0.3) is 6.08 Å². The van der Waals surface area contributed by atoms with Crippen molar-refractivity contribution in [1.29, 1.82) is 0 Å². The Morgan fingerprint density at radius 3 is 2.36 bits per heavy atom.